The smallest absolute Gasteiger partial charge is 0.243 e. The molecule has 1 aromatic carbocycles. The maximum atomic E-state index is 12.1. The van der Waals surface area contributed by atoms with Gasteiger partial charge in [-0.15, -0.1) is 0 Å². The molecule has 5 heteroatoms. The molecule has 0 atom stereocenters. The molecule has 0 radical (unpaired) electrons. The highest BCUT2D eigenvalue weighted by atomic mass is 35.5. The number of amides is 1. The second kappa shape index (κ2) is 7.81. The van der Waals surface area contributed by atoms with Gasteiger partial charge in [0.2, 0.25) is 5.91 Å². The molecule has 2 rings (SSSR count). The van der Waals surface area contributed by atoms with Crippen LogP contribution < -0.4 is 5.43 Å². The van der Waals surface area contributed by atoms with Gasteiger partial charge in [-0.1, -0.05) is 55.5 Å². The highest BCUT2D eigenvalue weighted by Crippen LogP contribution is 2.24. The van der Waals surface area contributed by atoms with Gasteiger partial charge in [0.25, 0.3) is 0 Å². The predicted molar refractivity (Wildman–Crippen MR) is 88.0 cm³/mol. The van der Waals surface area contributed by atoms with Gasteiger partial charge < -0.3 is 0 Å². The fraction of sp³-hybridized carbons (Fsp3) is 0.500. The molecule has 114 valence electrons. The Bertz CT molecular complexity index is 537. The summed E-state index contributed by atoms with van der Waals surface area (Å²) in [6.07, 6.45) is 6.10. The van der Waals surface area contributed by atoms with Gasteiger partial charge in [-0.2, -0.15) is 5.10 Å². The van der Waals surface area contributed by atoms with Crippen LogP contribution >= 0.6 is 23.2 Å². The first kappa shape index (κ1) is 16.3. The number of hydrazone groups is 1. The standard InChI is InChI=1S/C16H20Cl2N2O/c1-2-15(13-9-8-12(17)10-14(13)18)19-20-16(21)11-6-4-3-5-7-11/h8-11H,2-7H2,1H3,(H,20,21)/b19-15+. The second-order valence-electron chi connectivity index (χ2n) is 5.35. The number of rotatable bonds is 4. The Morgan fingerprint density at radius 2 is 2.00 bits per heavy atom. The lowest BCUT2D eigenvalue weighted by molar-refractivity contribution is -0.125. The molecule has 0 saturated heterocycles. The molecule has 0 bridgehead atoms. The van der Waals surface area contributed by atoms with Crippen LogP contribution in [0.4, 0.5) is 0 Å². The van der Waals surface area contributed by atoms with Gasteiger partial charge in [0.05, 0.1) is 10.7 Å². The summed E-state index contributed by atoms with van der Waals surface area (Å²) < 4.78 is 0. The summed E-state index contributed by atoms with van der Waals surface area (Å²) in [6.45, 7) is 1.98. The summed E-state index contributed by atoms with van der Waals surface area (Å²) in [5.41, 5.74) is 4.28. The van der Waals surface area contributed by atoms with Gasteiger partial charge in [0, 0.05) is 16.5 Å². The summed E-state index contributed by atoms with van der Waals surface area (Å²) in [7, 11) is 0. The molecule has 1 saturated carbocycles. The van der Waals surface area contributed by atoms with Crippen molar-refractivity contribution in [2.24, 2.45) is 11.0 Å². The SMILES string of the molecule is CC/C(=N\NC(=O)C1CCCCC1)c1ccc(Cl)cc1Cl. The van der Waals surface area contributed by atoms with Crippen molar-refractivity contribution in [3.05, 3.63) is 33.8 Å². The van der Waals surface area contributed by atoms with E-state index in [4.69, 9.17) is 23.2 Å². The van der Waals surface area contributed by atoms with E-state index in [2.05, 4.69) is 10.5 Å². The molecule has 0 unspecified atom stereocenters. The van der Waals surface area contributed by atoms with Crippen LogP contribution in [-0.2, 0) is 4.79 Å². The monoisotopic (exact) mass is 326 g/mol. The lowest BCUT2D eigenvalue weighted by Crippen LogP contribution is -2.29. The highest BCUT2D eigenvalue weighted by Gasteiger charge is 2.20. The molecule has 1 fully saturated rings. The fourth-order valence-electron chi connectivity index (χ4n) is 2.63. The van der Waals surface area contributed by atoms with Gasteiger partial charge >= 0.3 is 0 Å². The third kappa shape index (κ3) is 4.45. The lowest BCUT2D eigenvalue weighted by atomic mass is 9.89. The van der Waals surface area contributed by atoms with Gasteiger partial charge in [0.15, 0.2) is 0 Å². The number of carbonyl (C=O) groups is 1. The van der Waals surface area contributed by atoms with Gasteiger partial charge in [-0.05, 0) is 31.4 Å². The number of nitrogens with zero attached hydrogens (tertiary/aromatic N) is 1. The van der Waals surface area contributed by atoms with Crippen LogP contribution in [0.5, 0.6) is 0 Å². The third-order valence-electron chi connectivity index (χ3n) is 3.85. The minimum Gasteiger partial charge on any atom is -0.273 e. The minimum atomic E-state index is 0.0192. The zero-order chi connectivity index (χ0) is 15.2. The minimum absolute atomic E-state index is 0.0192. The van der Waals surface area contributed by atoms with Crippen molar-refractivity contribution in [2.75, 3.05) is 0 Å². The van der Waals surface area contributed by atoms with Crippen molar-refractivity contribution in [1.29, 1.82) is 0 Å². The first-order valence-corrected chi connectivity index (χ1v) is 8.19. The third-order valence-corrected chi connectivity index (χ3v) is 4.40. The van der Waals surface area contributed by atoms with Crippen molar-refractivity contribution in [2.45, 2.75) is 45.4 Å². The average Bonchev–Trinajstić information content (AvgIpc) is 2.50. The average molecular weight is 327 g/mol. The van der Waals surface area contributed by atoms with E-state index in [1.54, 1.807) is 12.1 Å². The number of hydrogen-bond acceptors (Lipinski definition) is 2. The molecule has 3 nitrogen and oxygen atoms in total. The van der Waals surface area contributed by atoms with Gasteiger partial charge in [0.1, 0.15) is 0 Å². The van der Waals surface area contributed by atoms with E-state index in [1.165, 1.54) is 6.42 Å². The first-order chi connectivity index (χ1) is 10.1. The van der Waals surface area contributed by atoms with E-state index in [-0.39, 0.29) is 11.8 Å². The van der Waals surface area contributed by atoms with Crippen LogP contribution in [0.3, 0.4) is 0 Å². The normalized spacial score (nSPS) is 16.8. The molecule has 21 heavy (non-hydrogen) atoms. The van der Waals surface area contributed by atoms with E-state index in [9.17, 15) is 4.79 Å². The Hall–Kier alpha value is -1.06. The van der Waals surface area contributed by atoms with Crippen LogP contribution in [0, 0.1) is 5.92 Å². The molecule has 1 aliphatic rings. The van der Waals surface area contributed by atoms with Crippen molar-refractivity contribution in [1.82, 2.24) is 5.43 Å². The van der Waals surface area contributed by atoms with Crippen LogP contribution in [0.15, 0.2) is 23.3 Å². The summed E-state index contributed by atoms with van der Waals surface area (Å²) in [4.78, 5) is 12.1. The molecule has 1 aliphatic carbocycles. The van der Waals surface area contributed by atoms with E-state index < -0.39 is 0 Å². The van der Waals surface area contributed by atoms with Crippen LogP contribution in [0.1, 0.15) is 51.0 Å². The summed E-state index contributed by atoms with van der Waals surface area (Å²) in [5, 5.41) is 5.41. The predicted octanol–water partition coefficient (Wildman–Crippen LogP) is 4.80. The molecule has 1 aromatic rings. The molecule has 0 aliphatic heterocycles. The Kier molecular flexibility index (Phi) is 6.07. The van der Waals surface area contributed by atoms with Crippen LogP contribution in [0.2, 0.25) is 10.0 Å². The second-order valence-corrected chi connectivity index (χ2v) is 6.19. The molecule has 0 spiro atoms. The fourth-order valence-corrected chi connectivity index (χ4v) is 3.15. The topological polar surface area (TPSA) is 41.5 Å². The largest absolute Gasteiger partial charge is 0.273 e. The van der Waals surface area contributed by atoms with Crippen molar-refractivity contribution < 1.29 is 4.79 Å². The molecule has 0 aromatic heterocycles. The highest BCUT2D eigenvalue weighted by molar-refractivity contribution is 6.37. The number of hydrogen-bond donors (Lipinski definition) is 1. The molecular weight excluding hydrogens is 307 g/mol. The Morgan fingerprint density at radius 1 is 1.29 bits per heavy atom. The Morgan fingerprint density at radius 3 is 2.62 bits per heavy atom. The Balaban J connectivity index is 2.07. The number of carbonyl (C=O) groups excluding carboxylic acids is 1. The van der Waals surface area contributed by atoms with E-state index in [0.29, 0.717) is 16.5 Å². The molecule has 0 heterocycles. The van der Waals surface area contributed by atoms with Gasteiger partial charge in [-0.3, -0.25) is 4.79 Å². The van der Waals surface area contributed by atoms with Crippen molar-refractivity contribution in [3.63, 3.8) is 0 Å². The quantitative estimate of drug-likeness (QED) is 0.626. The molecule has 1 N–H and O–H groups in total. The van der Waals surface area contributed by atoms with Crippen molar-refractivity contribution in [3.8, 4) is 0 Å². The maximum absolute atomic E-state index is 12.1. The maximum Gasteiger partial charge on any atom is 0.243 e. The number of halogens is 2. The number of benzene rings is 1. The molecular formula is C16H20Cl2N2O. The van der Waals surface area contributed by atoms with Crippen LogP contribution in [0.25, 0.3) is 0 Å². The van der Waals surface area contributed by atoms with Gasteiger partial charge in [-0.25, -0.2) is 5.43 Å². The summed E-state index contributed by atoms with van der Waals surface area (Å²) in [5.74, 6) is 0.118. The Labute approximate surface area is 135 Å². The first-order valence-electron chi connectivity index (χ1n) is 7.43. The molecule has 1 amide bonds. The van der Waals surface area contributed by atoms with E-state index in [0.717, 1.165) is 37.0 Å². The summed E-state index contributed by atoms with van der Waals surface area (Å²) >= 11 is 12.1. The van der Waals surface area contributed by atoms with E-state index in [1.807, 2.05) is 13.0 Å². The lowest BCUT2D eigenvalue weighted by Gasteiger charge is -2.19. The number of nitrogens with one attached hydrogen (secondary N) is 1. The summed E-state index contributed by atoms with van der Waals surface area (Å²) in [6, 6.07) is 5.29. The zero-order valence-electron chi connectivity index (χ0n) is 12.2. The van der Waals surface area contributed by atoms with Crippen LogP contribution in [-0.4, -0.2) is 11.6 Å². The van der Waals surface area contributed by atoms with E-state index >= 15 is 0 Å². The zero-order valence-corrected chi connectivity index (χ0v) is 13.7. The van der Waals surface area contributed by atoms with Crippen molar-refractivity contribution >= 4 is 34.8 Å².